The molecule has 0 saturated heterocycles. The third-order valence-corrected chi connectivity index (χ3v) is 3.36. The van der Waals surface area contributed by atoms with Gasteiger partial charge in [0.2, 0.25) is 10.0 Å². The number of primary sulfonamides is 1. The van der Waals surface area contributed by atoms with E-state index in [9.17, 15) is 13.2 Å². The second-order valence-electron chi connectivity index (χ2n) is 5.51. The maximum Gasteiger partial charge on any atom is 0.407 e. The Balaban J connectivity index is 2.24. The second kappa shape index (κ2) is 4.81. The van der Waals surface area contributed by atoms with Gasteiger partial charge in [-0.2, -0.15) is 0 Å². The van der Waals surface area contributed by atoms with Crippen molar-refractivity contribution in [3.05, 3.63) is 0 Å². The van der Waals surface area contributed by atoms with E-state index in [1.165, 1.54) is 0 Å². The van der Waals surface area contributed by atoms with Gasteiger partial charge in [-0.25, -0.2) is 18.4 Å². The molecule has 7 heteroatoms. The van der Waals surface area contributed by atoms with Crippen molar-refractivity contribution < 1.29 is 17.9 Å². The van der Waals surface area contributed by atoms with E-state index in [0.29, 0.717) is 12.8 Å². The Hall–Kier alpha value is -0.820. The summed E-state index contributed by atoms with van der Waals surface area (Å²) in [5.74, 6) is 0.0319. The standard InChI is InChI=1S/C10H20N2O4S/c1-10(2,3)16-9(13)12-8-4-7(5-8)6-17(11,14)15/h7-8H,4-6H2,1-3H3,(H,12,13)(H2,11,14,15). The number of nitrogens with two attached hydrogens (primary N) is 1. The van der Waals surface area contributed by atoms with Crippen LogP contribution in [0.3, 0.4) is 0 Å². The quantitative estimate of drug-likeness (QED) is 0.778. The van der Waals surface area contributed by atoms with Crippen LogP contribution in [0, 0.1) is 5.92 Å². The number of hydrogen-bond donors (Lipinski definition) is 2. The zero-order valence-electron chi connectivity index (χ0n) is 10.4. The van der Waals surface area contributed by atoms with Crippen LogP contribution in [0.15, 0.2) is 0 Å². The Morgan fingerprint density at radius 1 is 1.41 bits per heavy atom. The lowest BCUT2D eigenvalue weighted by atomic mass is 9.82. The molecule has 0 bridgehead atoms. The molecule has 3 N–H and O–H groups in total. The van der Waals surface area contributed by atoms with Gasteiger partial charge in [0, 0.05) is 6.04 Å². The first kappa shape index (κ1) is 14.2. The molecule has 1 fully saturated rings. The van der Waals surface area contributed by atoms with Gasteiger partial charge in [-0.1, -0.05) is 0 Å². The maximum absolute atomic E-state index is 11.4. The number of alkyl carbamates (subject to hydrolysis) is 1. The molecule has 0 unspecified atom stereocenters. The topological polar surface area (TPSA) is 98.5 Å². The number of hydrogen-bond acceptors (Lipinski definition) is 4. The van der Waals surface area contributed by atoms with E-state index in [0.717, 1.165) is 0 Å². The summed E-state index contributed by atoms with van der Waals surface area (Å²) in [5, 5.41) is 7.63. The Bertz CT molecular complexity index is 380. The number of carbonyl (C=O) groups excluding carboxylic acids is 1. The minimum Gasteiger partial charge on any atom is -0.444 e. The van der Waals surface area contributed by atoms with Crippen molar-refractivity contribution in [2.45, 2.75) is 45.3 Å². The predicted molar refractivity (Wildman–Crippen MR) is 63.9 cm³/mol. The van der Waals surface area contributed by atoms with Crippen LogP contribution < -0.4 is 10.5 Å². The van der Waals surface area contributed by atoms with E-state index in [1.807, 2.05) is 0 Å². The molecule has 0 spiro atoms. The number of rotatable bonds is 3. The molecule has 1 saturated carbocycles. The van der Waals surface area contributed by atoms with Gasteiger partial charge in [0.25, 0.3) is 0 Å². The fourth-order valence-corrected chi connectivity index (χ4v) is 2.72. The van der Waals surface area contributed by atoms with E-state index in [1.54, 1.807) is 20.8 Å². The van der Waals surface area contributed by atoms with Crippen LogP contribution in [-0.2, 0) is 14.8 Å². The van der Waals surface area contributed by atoms with Crippen LogP contribution in [0.1, 0.15) is 33.6 Å². The van der Waals surface area contributed by atoms with E-state index in [4.69, 9.17) is 9.88 Å². The molecule has 1 aliphatic carbocycles. The van der Waals surface area contributed by atoms with Gasteiger partial charge in [-0.3, -0.25) is 0 Å². The van der Waals surface area contributed by atoms with Crippen LogP contribution in [0.25, 0.3) is 0 Å². The molecule has 0 radical (unpaired) electrons. The molecule has 1 rings (SSSR count). The Morgan fingerprint density at radius 2 is 1.94 bits per heavy atom. The number of ether oxygens (including phenoxy) is 1. The first-order chi connectivity index (χ1) is 7.55. The first-order valence-corrected chi connectivity index (χ1v) is 7.27. The minimum atomic E-state index is -3.41. The maximum atomic E-state index is 11.4. The number of amides is 1. The molecule has 0 aromatic carbocycles. The average molecular weight is 264 g/mol. The van der Waals surface area contributed by atoms with Crippen LogP contribution in [0.4, 0.5) is 4.79 Å². The Morgan fingerprint density at radius 3 is 2.35 bits per heavy atom. The summed E-state index contributed by atoms with van der Waals surface area (Å²) in [4.78, 5) is 11.4. The van der Waals surface area contributed by atoms with Crippen molar-refractivity contribution in [1.29, 1.82) is 0 Å². The minimum absolute atomic E-state index is 0.00315. The molecule has 0 heterocycles. The lowest BCUT2D eigenvalue weighted by molar-refractivity contribution is 0.0459. The summed E-state index contributed by atoms with van der Waals surface area (Å²) in [6.07, 6.45) is 0.808. The highest BCUT2D eigenvalue weighted by atomic mass is 32.2. The molecule has 0 aromatic rings. The van der Waals surface area contributed by atoms with Crippen LogP contribution in [0.5, 0.6) is 0 Å². The first-order valence-electron chi connectivity index (χ1n) is 5.55. The lowest BCUT2D eigenvalue weighted by Crippen LogP contribution is -2.48. The van der Waals surface area contributed by atoms with E-state index < -0.39 is 21.7 Å². The SMILES string of the molecule is CC(C)(C)OC(=O)NC1CC(CS(N)(=O)=O)C1. The molecular weight excluding hydrogens is 244 g/mol. The van der Waals surface area contributed by atoms with Crippen molar-refractivity contribution in [3.63, 3.8) is 0 Å². The number of nitrogens with one attached hydrogen (secondary N) is 1. The Kier molecular flexibility index (Phi) is 4.03. The fourth-order valence-electron chi connectivity index (χ4n) is 1.79. The monoisotopic (exact) mass is 264 g/mol. The normalized spacial score (nSPS) is 24.9. The molecule has 0 aromatic heterocycles. The summed E-state index contributed by atoms with van der Waals surface area (Å²) >= 11 is 0. The lowest BCUT2D eigenvalue weighted by Gasteiger charge is -2.35. The van der Waals surface area contributed by atoms with Gasteiger partial charge < -0.3 is 10.1 Å². The van der Waals surface area contributed by atoms with Crippen molar-refractivity contribution in [1.82, 2.24) is 5.32 Å². The van der Waals surface area contributed by atoms with Gasteiger partial charge in [0.15, 0.2) is 0 Å². The number of sulfonamides is 1. The van der Waals surface area contributed by atoms with Gasteiger partial charge in [-0.05, 0) is 39.5 Å². The van der Waals surface area contributed by atoms with Crippen molar-refractivity contribution >= 4 is 16.1 Å². The molecular formula is C10H20N2O4S. The van der Waals surface area contributed by atoms with Gasteiger partial charge in [0.05, 0.1) is 5.75 Å². The highest BCUT2D eigenvalue weighted by molar-refractivity contribution is 7.89. The summed E-state index contributed by atoms with van der Waals surface area (Å²) in [6.45, 7) is 5.37. The molecule has 17 heavy (non-hydrogen) atoms. The zero-order chi connectivity index (χ0) is 13.3. The smallest absolute Gasteiger partial charge is 0.407 e. The molecule has 100 valence electrons. The molecule has 0 aliphatic heterocycles. The van der Waals surface area contributed by atoms with Crippen molar-refractivity contribution in [2.24, 2.45) is 11.1 Å². The van der Waals surface area contributed by atoms with Crippen molar-refractivity contribution in [3.8, 4) is 0 Å². The van der Waals surface area contributed by atoms with E-state index in [-0.39, 0.29) is 17.7 Å². The third kappa shape index (κ3) is 5.88. The average Bonchev–Trinajstić information content (AvgIpc) is 1.93. The third-order valence-electron chi connectivity index (χ3n) is 2.42. The van der Waals surface area contributed by atoms with Crippen LogP contribution >= 0.6 is 0 Å². The fraction of sp³-hybridized carbons (Fsp3) is 0.900. The van der Waals surface area contributed by atoms with Gasteiger partial charge >= 0.3 is 6.09 Å². The molecule has 6 nitrogen and oxygen atoms in total. The summed E-state index contributed by atoms with van der Waals surface area (Å²) in [5.41, 5.74) is -0.520. The Labute approximate surface area is 102 Å². The number of carbonyl (C=O) groups is 1. The predicted octanol–water partition coefficient (Wildman–Crippen LogP) is 0.578. The molecule has 1 aliphatic rings. The largest absolute Gasteiger partial charge is 0.444 e. The van der Waals surface area contributed by atoms with Crippen LogP contribution in [0.2, 0.25) is 0 Å². The van der Waals surface area contributed by atoms with E-state index >= 15 is 0 Å². The van der Waals surface area contributed by atoms with Crippen LogP contribution in [-0.4, -0.2) is 31.9 Å². The highest BCUT2D eigenvalue weighted by Crippen LogP contribution is 2.28. The van der Waals surface area contributed by atoms with E-state index in [2.05, 4.69) is 5.32 Å². The summed E-state index contributed by atoms with van der Waals surface area (Å²) in [6, 6.07) is -0.00315. The second-order valence-corrected chi connectivity index (χ2v) is 7.17. The summed E-state index contributed by atoms with van der Waals surface area (Å²) < 4.78 is 26.7. The van der Waals surface area contributed by atoms with Gasteiger partial charge in [-0.15, -0.1) is 0 Å². The molecule has 0 atom stereocenters. The van der Waals surface area contributed by atoms with Crippen molar-refractivity contribution in [2.75, 3.05) is 5.75 Å². The molecule has 1 amide bonds. The van der Waals surface area contributed by atoms with Gasteiger partial charge in [0.1, 0.15) is 5.60 Å². The summed E-state index contributed by atoms with van der Waals surface area (Å²) in [7, 11) is -3.41. The highest BCUT2D eigenvalue weighted by Gasteiger charge is 2.33. The zero-order valence-corrected chi connectivity index (χ0v) is 11.2.